The Labute approximate surface area is 156 Å². The average molecular weight is 369 g/mol. The molecule has 1 aromatic rings. The van der Waals surface area contributed by atoms with Crippen LogP contribution in [0.15, 0.2) is 30.3 Å². The Hall–Kier alpha value is -0.430. The molecule has 0 aliphatic carbocycles. The molecule has 0 saturated carbocycles. The van der Waals surface area contributed by atoms with Crippen molar-refractivity contribution in [2.24, 2.45) is 0 Å². The zero-order chi connectivity index (χ0) is 18.5. The van der Waals surface area contributed by atoms with Crippen molar-refractivity contribution in [1.82, 2.24) is 0 Å². The van der Waals surface area contributed by atoms with Crippen LogP contribution in [-0.2, 0) is 0 Å². The van der Waals surface area contributed by atoms with Crippen LogP contribution < -0.4 is 5.30 Å². The van der Waals surface area contributed by atoms with Gasteiger partial charge < -0.3 is 0 Å². The van der Waals surface area contributed by atoms with Crippen LogP contribution >= 0.6 is 7.06 Å². The number of hydrogen-bond donors (Lipinski definition) is 2. The van der Waals surface area contributed by atoms with Crippen molar-refractivity contribution in [3.05, 3.63) is 30.3 Å². The Bertz CT molecular complexity index is 425. The quantitative estimate of drug-likeness (QED) is 0.278. The van der Waals surface area contributed by atoms with Crippen molar-refractivity contribution in [2.45, 2.75) is 90.9 Å². The summed E-state index contributed by atoms with van der Waals surface area (Å²) in [6.07, 6.45) is 15.3. The van der Waals surface area contributed by atoms with Crippen molar-refractivity contribution < 1.29 is 9.79 Å². The number of hydrogen-bond acceptors (Lipinski definition) is 2. The first-order valence-corrected chi connectivity index (χ1v) is 13.1. The zero-order valence-electron chi connectivity index (χ0n) is 16.6. The normalized spacial score (nSPS) is 13.5. The Morgan fingerprint density at radius 3 is 1.44 bits per heavy atom. The summed E-state index contributed by atoms with van der Waals surface area (Å²) in [4.78, 5) is 22.9. The molecule has 0 heterocycles. The maximum atomic E-state index is 11.4. The van der Waals surface area contributed by atoms with E-state index >= 15 is 0 Å². The summed E-state index contributed by atoms with van der Waals surface area (Å²) in [7, 11) is -3.75. The molecule has 1 aromatic carbocycles. The van der Waals surface area contributed by atoms with Crippen LogP contribution in [0.4, 0.5) is 0 Å². The van der Waals surface area contributed by atoms with Crippen LogP contribution in [0.3, 0.4) is 0 Å². The van der Waals surface area contributed by atoms with Crippen LogP contribution in [0.1, 0.15) is 90.9 Å². The first kappa shape index (κ1) is 22.6. The predicted molar refractivity (Wildman–Crippen MR) is 114 cm³/mol. The molecule has 3 heteroatoms. The summed E-state index contributed by atoms with van der Waals surface area (Å²) in [5.41, 5.74) is 0. The van der Waals surface area contributed by atoms with Gasteiger partial charge in [0.05, 0.1) is 0 Å². The Balaban J connectivity index is 2.58. The fourth-order valence-electron chi connectivity index (χ4n) is 3.59. The molecule has 2 N–H and O–H groups in total. The molecule has 0 bridgehead atoms. The van der Waals surface area contributed by atoms with Gasteiger partial charge in [-0.25, -0.2) is 0 Å². The van der Waals surface area contributed by atoms with E-state index < -0.39 is 7.06 Å². The molecule has 0 atom stereocenters. The topological polar surface area (TPSA) is 40.5 Å². The first-order valence-electron chi connectivity index (χ1n) is 10.6. The van der Waals surface area contributed by atoms with Crippen LogP contribution in [0.2, 0.25) is 0 Å². The van der Waals surface area contributed by atoms with Crippen molar-refractivity contribution in [1.29, 1.82) is 0 Å². The molecular formula is C22H41O2P. The Kier molecular flexibility index (Phi) is 10.9. The van der Waals surface area contributed by atoms with Gasteiger partial charge in [0.2, 0.25) is 0 Å². The predicted octanol–water partition coefficient (Wildman–Crippen LogP) is 6.40. The number of rotatable bonds is 15. The third kappa shape index (κ3) is 8.67. The molecular weight excluding hydrogens is 327 g/mol. The van der Waals surface area contributed by atoms with Gasteiger partial charge in [-0.2, -0.15) is 0 Å². The standard InChI is InChI=1S/C22H41O2P/c1-3-5-7-9-11-16-20-25(23,24,22-18-14-13-15-19-22)21-17-12-10-8-6-4-2/h13-15,18-19,23-24H,3-12,16-17,20-21H2,1-2H3. The number of benzene rings is 1. The van der Waals surface area contributed by atoms with Crippen LogP contribution in [-0.4, -0.2) is 22.1 Å². The van der Waals surface area contributed by atoms with Crippen LogP contribution in [0.5, 0.6) is 0 Å². The van der Waals surface area contributed by atoms with Crippen molar-refractivity contribution >= 4 is 12.4 Å². The molecule has 0 aliphatic heterocycles. The molecule has 0 amide bonds. The zero-order valence-corrected chi connectivity index (χ0v) is 17.5. The fourth-order valence-corrected chi connectivity index (χ4v) is 6.97. The molecule has 146 valence electrons. The van der Waals surface area contributed by atoms with E-state index in [0.29, 0.717) is 12.3 Å². The molecule has 2 nitrogen and oxygen atoms in total. The van der Waals surface area contributed by atoms with Gasteiger partial charge in [-0.15, -0.1) is 0 Å². The number of unbranched alkanes of at least 4 members (excludes halogenated alkanes) is 10. The summed E-state index contributed by atoms with van der Waals surface area (Å²) in [5.74, 6) is 0. The van der Waals surface area contributed by atoms with Gasteiger partial charge in [-0.05, 0) is 0 Å². The summed E-state index contributed by atoms with van der Waals surface area (Å²) in [6.45, 7) is 4.45. The van der Waals surface area contributed by atoms with Gasteiger partial charge in [0.25, 0.3) is 0 Å². The van der Waals surface area contributed by atoms with Gasteiger partial charge in [-0.1, -0.05) is 0 Å². The summed E-state index contributed by atoms with van der Waals surface area (Å²) in [6, 6.07) is 9.67. The minimum atomic E-state index is -3.75. The molecule has 0 saturated heterocycles. The molecule has 0 spiro atoms. The van der Waals surface area contributed by atoms with Crippen molar-refractivity contribution in [3.8, 4) is 0 Å². The van der Waals surface area contributed by atoms with E-state index in [1.807, 2.05) is 30.3 Å². The average Bonchev–Trinajstić information content (AvgIpc) is 2.62. The first-order chi connectivity index (χ1) is 12.0. The van der Waals surface area contributed by atoms with E-state index in [1.165, 1.54) is 51.4 Å². The second-order valence-corrected chi connectivity index (χ2v) is 11.9. The van der Waals surface area contributed by atoms with Gasteiger partial charge in [0.1, 0.15) is 0 Å². The maximum absolute atomic E-state index is 11.4. The van der Waals surface area contributed by atoms with E-state index in [4.69, 9.17) is 0 Å². The summed E-state index contributed by atoms with van der Waals surface area (Å²) < 4.78 is 0. The third-order valence-corrected chi connectivity index (χ3v) is 9.32. The van der Waals surface area contributed by atoms with Gasteiger partial charge >= 0.3 is 156 Å². The SMILES string of the molecule is CCCCCCCCP(O)(O)(CCCCCCCC)c1ccccc1. The van der Waals surface area contributed by atoms with E-state index in [0.717, 1.165) is 31.0 Å². The molecule has 1 rings (SSSR count). The molecule has 0 radical (unpaired) electrons. The Morgan fingerprint density at radius 1 is 0.600 bits per heavy atom. The third-order valence-electron chi connectivity index (χ3n) is 5.32. The van der Waals surface area contributed by atoms with Gasteiger partial charge in [-0.3, -0.25) is 0 Å². The van der Waals surface area contributed by atoms with Crippen LogP contribution in [0.25, 0.3) is 0 Å². The summed E-state index contributed by atoms with van der Waals surface area (Å²) in [5, 5.41) is 0.788. The summed E-state index contributed by atoms with van der Waals surface area (Å²) >= 11 is 0. The molecule has 0 fully saturated rings. The van der Waals surface area contributed by atoms with E-state index in [9.17, 15) is 9.79 Å². The fraction of sp³-hybridized carbons (Fsp3) is 0.727. The second-order valence-electron chi connectivity index (χ2n) is 7.71. The van der Waals surface area contributed by atoms with Crippen LogP contribution in [0, 0.1) is 0 Å². The Morgan fingerprint density at radius 2 is 1.00 bits per heavy atom. The molecule has 0 aromatic heterocycles. The minimum absolute atomic E-state index is 0.566. The van der Waals surface area contributed by atoms with E-state index in [-0.39, 0.29) is 0 Å². The van der Waals surface area contributed by atoms with Crippen molar-refractivity contribution in [3.63, 3.8) is 0 Å². The van der Waals surface area contributed by atoms with E-state index in [2.05, 4.69) is 13.8 Å². The van der Waals surface area contributed by atoms with Crippen molar-refractivity contribution in [2.75, 3.05) is 12.3 Å². The molecule has 0 aliphatic rings. The second kappa shape index (κ2) is 12.0. The monoisotopic (exact) mass is 368 g/mol. The van der Waals surface area contributed by atoms with Gasteiger partial charge in [0.15, 0.2) is 0 Å². The molecule has 0 unspecified atom stereocenters. The van der Waals surface area contributed by atoms with E-state index in [1.54, 1.807) is 0 Å². The van der Waals surface area contributed by atoms with Gasteiger partial charge in [0, 0.05) is 0 Å². The molecule has 25 heavy (non-hydrogen) atoms.